The Bertz CT molecular complexity index is 130. The van der Waals surface area contributed by atoms with E-state index in [2.05, 4.69) is 12.2 Å². The van der Waals surface area contributed by atoms with Gasteiger partial charge in [-0.3, -0.25) is 0 Å². The van der Waals surface area contributed by atoms with Gasteiger partial charge >= 0.3 is 0 Å². The molecular weight excluding hydrogens is 166 g/mol. The van der Waals surface area contributed by atoms with E-state index in [1.54, 1.807) is 0 Å². The van der Waals surface area contributed by atoms with Gasteiger partial charge in [-0.15, -0.1) is 0 Å². The fourth-order valence-corrected chi connectivity index (χ4v) is 1.66. The van der Waals surface area contributed by atoms with E-state index < -0.39 is 0 Å². The van der Waals surface area contributed by atoms with Gasteiger partial charge in [-0.05, 0) is 39.2 Å². The summed E-state index contributed by atoms with van der Waals surface area (Å²) in [4.78, 5) is 0. The molecule has 0 saturated carbocycles. The Labute approximate surface area is 80.5 Å². The summed E-state index contributed by atoms with van der Waals surface area (Å²) in [6.45, 7) is 4.40. The highest BCUT2D eigenvalue weighted by molar-refractivity contribution is 4.72. The minimum Gasteiger partial charge on any atom is -0.396 e. The molecule has 3 nitrogen and oxygen atoms in total. The lowest BCUT2D eigenvalue weighted by Crippen LogP contribution is -2.27. The minimum absolute atomic E-state index is 0.304. The minimum atomic E-state index is 0.304. The van der Waals surface area contributed by atoms with Crippen LogP contribution in [0.15, 0.2) is 0 Å². The van der Waals surface area contributed by atoms with Crippen molar-refractivity contribution in [3.63, 3.8) is 0 Å². The standard InChI is InChI=1S/C10H21NO2/c1-9-4-5-10(13-9)8-11-6-2-3-7-12/h9-12H,2-8H2,1H3. The zero-order chi connectivity index (χ0) is 9.52. The molecule has 0 aliphatic carbocycles. The molecule has 78 valence electrons. The third-order valence-electron chi connectivity index (χ3n) is 2.45. The molecule has 0 radical (unpaired) electrons. The van der Waals surface area contributed by atoms with Gasteiger partial charge < -0.3 is 15.2 Å². The van der Waals surface area contributed by atoms with E-state index in [0.717, 1.165) is 25.9 Å². The molecule has 0 aromatic heterocycles. The van der Waals surface area contributed by atoms with E-state index in [-0.39, 0.29) is 0 Å². The average molecular weight is 187 g/mol. The van der Waals surface area contributed by atoms with Crippen LogP contribution in [-0.2, 0) is 4.74 Å². The molecule has 1 aliphatic heterocycles. The Morgan fingerprint density at radius 3 is 2.85 bits per heavy atom. The van der Waals surface area contributed by atoms with Crippen molar-refractivity contribution in [1.82, 2.24) is 5.32 Å². The lowest BCUT2D eigenvalue weighted by Gasteiger charge is -2.11. The molecule has 2 unspecified atom stereocenters. The smallest absolute Gasteiger partial charge is 0.0704 e. The zero-order valence-corrected chi connectivity index (χ0v) is 8.46. The van der Waals surface area contributed by atoms with Crippen LogP contribution in [0.4, 0.5) is 0 Å². The highest BCUT2D eigenvalue weighted by atomic mass is 16.5. The molecule has 1 aliphatic rings. The molecule has 1 fully saturated rings. The number of aliphatic hydroxyl groups excluding tert-OH is 1. The number of hydrogen-bond donors (Lipinski definition) is 2. The lowest BCUT2D eigenvalue weighted by molar-refractivity contribution is 0.0561. The monoisotopic (exact) mass is 187 g/mol. The van der Waals surface area contributed by atoms with E-state index in [1.807, 2.05) is 0 Å². The zero-order valence-electron chi connectivity index (χ0n) is 8.46. The summed E-state index contributed by atoms with van der Waals surface area (Å²) in [6, 6.07) is 0. The number of rotatable bonds is 6. The molecule has 0 spiro atoms. The summed E-state index contributed by atoms with van der Waals surface area (Å²) >= 11 is 0. The van der Waals surface area contributed by atoms with Gasteiger partial charge in [-0.2, -0.15) is 0 Å². The number of unbranched alkanes of at least 4 members (excludes halogenated alkanes) is 1. The summed E-state index contributed by atoms with van der Waals surface area (Å²) < 4.78 is 5.66. The first-order valence-electron chi connectivity index (χ1n) is 5.30. The maximum atomic E-state index is 8.56. The summed E-state index contributed by atoms with van der Waals surface area (Å²) in [5.41, 5.74) is 0. The van der Waals surface area contributed by atoms with Crippen LogP contribution in [0.5, 0.6) is 0 Å². The highest BCUT2D eigenvalue weighted by Gasteiger charge is 2.20. The maximum Gasteiger partial charge on any atom is 0.0704 e. The summed E-state index contributed by atoms with van der Waals surface area (Å²) in [7, 11) is 0. The van der Waals surface area contributed by atoms with Crippen LogP contribution in [-0.4, -0.2) is 37.0 Å². The van der Waals surface area contributed by atoms with Gasteiger partial charge in [0.2, 0.25) is 0 Å². The van der Waals surface area contributed by atoms with Crippen molar-refractivity contribution in [1.29, 1.82) is 0 Å². The molecule has 0 amide bonds. The van der Waals surface area contributed by atoms with Crippen LogP contribution in [0, 0.1) is 0 Å². The van der Waals surface area contributed by atoms with Gasteiger partial charge in [0, 0.05) is 13.2 Å². The van der Waals surface area contributed by atoms with Crippen molar-refractivity contribution in [2.75, 3.05) is 19.7 Å². The molecule has 1 rings (SSSR count). The summed E-state index contributed by atoms with van der Waals surface area (Å²) in [5, 5.41) is 11.9. The summed E-state index contributed by atoms with van der Waals surface area (Å²) in [6.07, 6.45) is 5.21. The van der Waals surface area contributed by atoms with Crippen molar-refractivity contribution >= 4 is 0 Å². The first-order chi connectivity index (χ1) is 6.33. The highest BCUT2D eigenvalue weighted by Crippen LogP contribution is 2.17. The second kappa shape index (κ2) is 6.35. The first kappa shape index (κ1) is 11.0. The first-order valence-corrected chi connectivity index (χ1v) is 5.30. The second-order valence-electron chi connectivity index (χ2n) is 3.78. The Balaban J connectivity index is 1.88. The van der Waals surface area contributed by atoms with Crippen molar-refractivity contribution in [2.45, 2.75) is 44.8 Å². The van der Waals surface area contributed by atoms with E-state index in [4.69, 9.17) is 9.84 Å². The van der Waals surface area contributed by atoms with Crippen LogP contribution in [0.2, 0.25) is 0 Å². The third-order valence-corrected chi connectivity index (χ3v) is 2.45. The normalized spacial score (nSPS) is 28.2. The van der Waals surface area contributed by atoms with Gasteiger partial charge in [0.05, 0.1) is 12.2 Å². The van der Waals surface area contributed by atoms with Crippen molar-refractivity contribution in [3.8, 4) is 0 Å². The molecule has 0 aromatic carbocycles. The second-order valence-corrected chi connectivity index (χ2v) is 3.78. The SMILES string of the molecule is CC1CCC(CNCCCCO)O1. The summed E-state index contributed by atoms with van der Waals surface area (Å²) in [5.74, 6) is 0. The van der Waals surface area contributed by atoms with Crippen molar-refractivity contribution in [2.24, 2.45) is 0 Å². The Hall–Kier alpha value is -0.120. The van der Waals surface area contributed by atoms with Crippen LogP contribution in [0.3, 0.4) is 0 Å². The predicted molar refractivity (Wildman–Crippen MR) is 52.8 cm³/mol. The fraction of sp³-hybridized carbons (Fsp3) is 1.00. The van der Waals surface area contributed by atoms with Crippen LogP contribution in [0.25, 0.3) is 0 Å². The molecule has 2 atom stereocenters. The number of ether oxygens (including phenoxy) is 1. The van der Waals surface area contributed by atoms with Gasteiger partial charge in [-0.1, -0.05) is 0 Å². The number of hydrogen-bond acceptors (Lipinski definition) is 3. The molecule has 3 heteroatoms. The number of nitrogens with one attached hydrogen (secondary N) is 1. The predicted octanol–water partition coefficient (Wildman–Crippen LogP) is 0.916. The molecule has 0 aromatic rings. The fourth-order valence-electron chi connectivity index (χ4n) is 1.66. The van der Waals surface area contributed by atoms with E-state index >= 15 is 0 Å². The Morgan fingerprint density at radius 1 is 1.38 bits per heavy atom. The van der Waals surface area contributed by atoms with E-state index in [1.165, 1.54) is 12.8 Å². The van der Waals surface area contributed by atoms with Crippen molar-refractivity contribution < 1.29 is 9.84 Å². The van der Waals surface area contributed by atoms with E-state index in [0.29, 0.717) is 18.8 Å². The molecule has 0 bridgehead atoms. The third kappa shape index (κ3) is 4.60. The van der Waals surface area contributed by atoms with Crippen LogP contribution in [0.1, 0.15) is 32.6 Å². The molecule has 1 heterocycles. The van der Waals surface area contributed by atoms with Crippen LogP contribution >= 0.6 is 0 Å². The van der Waals surface area contributed by atoms with Gasteiger partial charge in [0.25, 0.3) is 0 Å². The number of aliphatic hydroxyl groups is 1. The quantitative estimate of drug-likeness (QED) is 0.607. The Morgan fingerprint density at radius 2 is 2.23 bits per heavy atom. The van der Waals surface area contributed by atoms with Crippen LogP contribution < -0.4 is 5.32 Å². The van der Waals surface area contributed by atoms with Gasteiger partial charge in [0.15, 0.2) is 0 Å². The van der Waals surface area contributed by atoms with Gasteiger partial charge in [0.1, 0.15) is 0 Å². The molecular formula is C10H21NO2. The molecule has 1 saturated heterocycles. The maximum absolute atomic E-state index is 8.56. The Kier molecular flexibility index (Phi) is 5.35. The lowest BCUT2D eigenvalue weighted by atomic mass is 10.2. The van der Waals surface area contributed by atoms with Gasteiger partial charge in [-0.25, -0.2) is 0 Å². The molecule has 13 heavy (non-hydrogen) atoms. The van der Waals surface area contributed by atoms with E-state index in [9.17, 15) is 0 Å². The van der Waals surface area contributed by atoms with Crippen molar-refractivity contribution in [3.05, 3.63) is 0 Å². The molecule has 2 N–H and O–H groups in total. The largest absolute Gasteiger partial charge is 0.396 e. The average Bonchev–Trinajstić information content (AvgIpc) is 2.51. The topological polar surface area (TPSA) is 41.5 Å².